The molecule has 0 saturated heterocycles. The summed E-state index contributed by atoms with van der Waals surface area (Å²) in [7, 11) is 0. The van der Waals surface area contributed by atoms with Crippen molar-refractivity contribution in [3.63, 3.8) is 0 Å². The van der Waals surface area contributed by atoms with Crippen molar-refractivity contribution in [2.24, 2.45) is 0 Å². The standard InChI is InChI=1S/C25H27N5O3/c1-4-18-11-9-10-14-20(18)28-21(31)15-29-17(3)22(24(32)33-5-2)23(19-12-7-6-8-13-19)30-25(29)26-16-27-30/h6-14,16,23H,4-5,15H2,1-3H3,(H,28,31)/t23-/m1/s1. The molecule has 0 unspecified atom stereocenters. The van der Waals surface area contributed by atoms with E-state index in [0.29, 0.717) is 17.2 Å². The summed E-state index contributed by atoms with van der Waals surface area (Å²) < 4.78 is 7.06. The van der Waals surface area contributed by atoms with Crippen LogP contribution < -0.4 is 10.2 Å². The van der Waals surface area contributed by atoms with Crippen LogP contribution in [-0.4, -0.2) is 39.8 Å². The molecule has 8 heteroatoms. The number of carbonyl (C=O) groups is 2. The normalized spacial score (nSPS) is 15.2. The largest absolute Gasteiger partial charge is 0.463 e. The average molecular weight is 446 g/mol. The maximum atomic E-state index is 13.1. The Bertz CT molecular complexity index is 1190. The van der Waals surface area contributed by atoms with E-state index in [2.05, 4.69) is 15.4 Å². The van der Waals surface area contributed by atoms with E-state index < -0.39 is 12.0 Å². The summed E-state index contributed by atoms with van der Waals surface area (Å²) in [5, 5.41) is 7.39. The van der Waals surface area contributed by atoms with Crippen LogP contribution in [0.2, 0.25) is 0 Å². The van der Waals surface area contributed by atoms with Gasteiger partial charge in [-0.1, -0.05) is 55.5 Å². The number of aromatic nitrogens is 3. The van der Waals surface area contributed by atoms with Crippen molar-refractivity contribution in [3.8, 4) is 0 Å². The van der Waals surface area contributed by atoms with Gasteiger partial charge in [-0.25, -0.2) is 9.48 Å². The Morgan fingerprint density at radius 2 is 1.79 bits per heavy atom. The zero-order chi connectivity index (χ0) is 23.4. The number of ether oxygens (including phenoxy) is 1. The van der Waals surface area contributed by atoms with Gasteiger partial charge in [0.05, 0.1) is 12.2 Å². The second kappa shape index (κ2) is 9.68. The van der Waals surface area contributed by atoms with Crippen LogP contribution in [-0.2, 0) is 20.7 Å². The fraction of sp³-hybridized carbons (Fsp3) is 0.280. The highest BCUT2D eigenvalue weighted by Crippen LogP contribution is 2.38. The van der Waals surface area contributed by atoms with Gasteiger partial charge in [0.1, 0.15) is 18.9 Å². The SMILES string of the molecule is CCOC(=O)C1=C(C)N(CC(=O)Nc2ccccc2CC)c2ncnn2[C@@H]1c1ccccc1. The topological polar surface area (TPSA) is 89.3 Å². The highest BCUT2D eigenvalue weighted by molar-refractivity contribution is 5.97. The fourth-order valence-electron chi connectivity index (χ4n) is 4.12. The molecule has 1 aromatic heterocycles. The average Bonchev–Trinajstić information content (AvgIpc) is 3.31. The Hall–Kier alpha value is -3.94. The van der Waals surface area contributed by atoms with Gasteiger partial charge in [-0.3, -0.25) is 4.79 Å². The van der Waals surface area contributed by atoms with Gasteiger partial charge in [-0.2, -0.15) is 10.1 Å². The lowest BCUT2D eigenvalue weighted by molar-refractivity contribution is -0.139. The van der Waals surface area contributed by atoms with Crippen LogP contribution in [0.3, 0.4) is 0 Å². The van der Waals surface area contributed by atoms with Crippen molar-refractivity contribution in [3.05, 3.63) is 83.3 Å². The zero-order valence-electron chi connectivity index (χ0n) is 19.0. The highest BCUT2D eigenvalue weighted by atomic mass is 16.5. The molecule has 0 saturated carbocycles. The minimum Gasteiger partial charge on any atom is -0.463 e. The molecule has 3 aromatic rings. The van der Waals surface area contributed by atoms with Crippen LogP contribution >= 0.6 is 0 Å². The van der Waals surface area contributed by atoms with E-state index in [4.69, 9.17) is 4.74 Å². The first-order valence-corrected chi connectivity index (χ1v) is 11.0. The monoisotopic (exact) mass is 445 g/mol. The molecule has 4 rings (SSSR count). The number of para-hydroxylation sites is 1. The highest BCUT2D eigenvalue weighted by Gasteiger charge is 2.38. The van der Waals surface area contributed by atoms with E-state index in [1.807, 2.05) is 68.4 Å². The van der Waals surface area contributed by atoms with Crippen molar-refractivity contribution < 1.29 is 14.3 Å². The summed E-state index contributed by atoms with van der Waals surface area (Å²) in [6.07, 6.45) is 2.24. The number of hydrogen-bond acceptors (Lipinski definition) is 6. The first kappa shape index (κ1) is 22.3. The minimum absolute atomic E-state index is 0.0208. The lowest BCUT2D eigenvalue weighted by Gasteiger charge is -2.35. The number of carbonyl (C=O) groups excluding carboxylic acids is 2. The maximum absolute atomic E-state index is 13.1. The van der Waals surface area contributed by atoms with Gasteiger partial charge >= 0.3 is 5.97 Å². The number of aryl methyl sites for hydroxylation is 1. The van der Waals surface area contributed by atoms with E-state index in [9.17, 15) is 9.59 Å². The van der Waals surface area contributed by atoms with Crippen molar-refractivity contribution in [1.29, 1.82) is 0 Å². The van der Waals surface area contributed by atoms with E-state index in [0.717, 1.165) is 23.2 Å². The number of hydrogen-bond donors (Lipinski definition) is 1. The first-order valence-electron chi connectivity index (χ1n) is 11.0. The van der Waals surface area contributed by atoms with E-state index in [1.165, 1.54) is 6.33 Å². The number of rotatable bonds is 7. The molecule has 1 amide bonds. The maximum Gasteiger partial charge on any atom is 0.338 e. The third-order valence-electron chi connectivity index (χ3n) is 5.69. The number of anilines is 2. The fourth-order valence-corrected chi connectivity index (χ4v) is 4.12. The number of allylic oxidation sites excluding steroid dienone is 1. The lowest BCUT2D eigenvalue weighted by atomic mass is 9.95. The van der Waals surface area contributed by atoms with Gasteiger partial charge in [0.25, 0.3) is 0 Å². The Morgan fingerprint density at radius 1 is 1.06 bits per heavy atom. The molecule has 0 fully saturated rings. The van der Waals surface area contributed by atoms with E-state index >= 15 is 0 Å². The molecule has 0 spiro atoms. The van der Waals surface area contributed by atoms with Gasteiger partial charge in [0.2, 0.25) is 11.9 Å². The smallest absolute Gasteiger partial charge is 0.338 e. The quantitative estimate of drug-likeness (QED) is 0.558. The molecule has 8 nitrogen and oxygen atoms in total. The predicted octanol–water partition coefficient (Wildman–Crippen LogP) is 3.73. The Balaban J connectivity index is 1.72. The molecule has 0 aliphatic carbocycles. The molecule has 2 aromatic carbocycles. The Morgan fingerprint density at radius 3 is 2.52 bits per heavy atom. The number of esters is 1. The van der Waals surface area contributed by atoms with E-state index in [1.54, 1.807) is 16.5 Å². The Labute approximate surface area is 192 Å². The van der Waals surface area contributed by atoms with Gasteiger partial charge in [0.15, 0.2) is 0 Å². The molecule has 1 aliphatic heterocycles. The molecule has 1 aliphatic rings. The van der Waals surface area contributed by atoms with Gasteiger partial charge in [-0.15, -0.1) is 0 Å². The number of nitrogens with zero attached hydrogens (tertiary/aromatic N) is 4. The molecule has 33 heavy (non-hydrogen) atoms. The molecular weight excluding hydrogens is 418 g/mol. The lowest BCUT2D eigenvalue weighted by Crippen LogP contribution is -2.41. The second-order valence-corrected chi connectivity index (χ2v) is 7.68. The summed E-state index contributed by atoms with van der Waals surface area (Å²) in [4.78, 5) is 32.2. The molecular formula is C25H27N5O3. The molecule has 2 heterocycles. The van der Waals surface area contributed by atoms with Gasteiger partial charge in [-0.05, 0) is 37.5 Å². The predicted molar refractivity (Wildman–Crippen MR) is 126 cm³/mol. The number of amides is 1. The number of benzene rings is 2. The van der Waals surface area contributed by atoms with Crippen molar-refractivity contribution in [2.45, 2.75) is 33.2 Å². The third kappa shape index (κ3) is 4.37. The van der Waals surface area contributed by atoms with Crippen LogP contribution in [0, 0.1) is 0 Å². The van der Waals surface area contributed by atoms with Gasteiger partial charge in [0, 0.05) is 11.4 Å². The number of nitrogens with one attached hydrogen (secondary N) is 1. The first-order chi connectivity index (χ1) is 16.0. The van der Waals surface area contributed by atoms with Gasteiger partial charge < -0.3 is 15.0 Å². The summed E-state index contributed by atoms with van der Waals surface area (Å²) in [5.41, 5.74) is 3.76. The van der Waals surface area contributed by atoms with Crippen LogP contribution in [0.15, 0.2) is 72.2 Å². The third-order valence-corrected chi connectivity index (χ3v) is 5.69. The van der Waals surface area contributed by atoms with Crippen molar-refractivity contribution in [2.75, 3.05) is 23.4 Å². The van der Waals surface area contributed by atoms with Crippen LogP contribution in [0.25, 0.3) is 0 Å². The van der Waals surface area contributed by atoms with Crippen molar-refractivity contribution >= 4 is 23.5 Å². The molecule has 0 radical (unpaired) electrons. The summed E-state index contributed by atoms with van der Waals surface area (Å²) in [5.74, 6) is -0.161. The number of fused-ring (bicyclic) bond motifs is 1. The Kier molecular flexibility index (Phi) is 6.53. The molecule has 1 N–H and O–H groups in total. The van der Waals surface area contributed by atoms with E-state index in [-0.39, 0.29) is 19.1 Å². The second-order valence-electron chi connectivity index (χ2n) is 7.68. The van der Waals surface area contributed by atoms with Crippen molar-refractivity contribution in [1.82, 2.24) is 14.8 Å². The molecule has 170 valence electrons. The summed E-state index contributed by atoms with van der Waals surface area (Å²) in [6.45, 7) is 5.85. The van der Waals surface area contributed by atoms with Crippen LogP contribution in [0.4, 0.5) is 11.6 Å². The van der Waals surface area contributed by atoms with Crippen LogP contribution in [0.5, 0.6) is 0 Å². The minimum atomic E-state index is -0.497. The summed E-state index contributed by atoms with van der Waals surface area (Å²) in [6, 6.07) is 16.8. The summed E-state index contributed by atoms with van der Waals surface area (Å²) >= 11 is 0. The molecule has 1 atom stereocenters. The molecule has 0 bridgehead atoms. The van der Waals surface area contributed by atoms with Crippen LogP contribution in [0.1, 0.15) is 37.9 Å². The zero-order valence-corrected chi connectivity index (χ0v) is 19.0.